The zero-order valence-electron chi connectivity index (χ0n) is 14.6. The summed E-state index contributed by atoms with van der Waals surface area (Å²) < 4.78 is 10.7. The Bertz CT molecular complexity index is 490. The molecule has 0 aromatic heterocycles. The molecule has 6 nitrogen and oxygen atoms in total. The molecule has 0 radical (unpaired) electrons. The summed E-state index contributed by atoms with van der Waals surface area (Å²) in [5.41, 5.74) is 0.750. The summed E-state index contributed by atoms with van der Waals surface area (Å²) in [4.78, 5) is 4.15. The SMILES string of the molecule is CN=C(NCCOCCC(C)C)NCc1cc(OC)ccc1O. The minimum Gasteiger partial charge on any atom is -0.508 e. The lowest BCUT2D eigenvalue weighted by atomic mass is 10.1. The predicted molar refractivity (Wildman–Crippen MR) is 93.1 cm³/mol. The molecule has 6 heteroatoms. The maximum absolute atomic E-state index is 9.86. The van der Waals surface area contributed by atoms with Gasteiger partial charge in [-0.1, -0.05) is 13.8 Å². The lowest BCUT2D eigenvalue weighted by Crippen LogP contribution is -2.38. The summed E-state index contributed by atoms with van der Waals surface area (Å²) >= 11 is 0. The number of hydrogen-bond donors (Lipinski definition) is 3. The van der Waals surface area contributed by atoms with E-state index in [1.54, 1.807) is 32.4 Å². The molecule has 0 bridgehead atoms. The van der Waals surface area contributed by atoms with Crippen LogP contribution in [0.15, 0.2) is 23.2 Å². The summed E-state index contributed by atoms with van der Waals surface area (Å²) in [5.74, 6) is 2.26. The quantitative estimate of drug-likeness (QED) is 0.369. The number of guanidine groups is 1. The van der Waals surface area contributed by atoms with E-state index in [1.807, 2.05) is 0 Å². The van der Waals surface area contributed by atoms with Gasteiger partial charge < -0.3 is 25.2 Å². The monoisotopic (exact) mass is 323 g/mol. The minimum absolute atomic E-state index is 0.228. The number of rotatable bonds is 9. The van der Waals surface area contributed by atoms with Crippen LogP contribution in [0, 0.1) is 5.92 Å². The van der Waals surface area contributed by atoms with Crippen molar-refractivity contribution in [2.75, 3.05) is 33.9 Å². The number of phenols is 1. The first kappa shape index (κ1) is 19.1. The first-order valence-electron chi connectivity index (χ1n) is 7.95. The van der Waals surface area contributed by atoms with Crippen molar-refractivity contribution in [1.82, 2.24) is 10.6 Å². The summed E-state index contributed by atoms with van der Waals surface area (Å²) in [7, 11) is 3.31. The van der Waals surface area contributed by atoms with Gasteiger partial charge in [0.05, 0.1) is 13.7 Å². The van der Waals surface area contributed by atoms with Gasteiger partial charge in [-0.3, -0.25) is 4.99 Å². The molecule has 1 rings (SSSR count). The van der Waals surface area contributed by atoms with Crippen LogP contribution in [-0.4, -0.2) is 45.0 Å². The fourth-order valence-corrected chi connectivity index (χ4v) is 1.89. The second-order valence-electron chi connectivity index (χ2n) is 5.64. The third-order valence-corrected chi connectivity index (χ3v) is 3.33. The number of phenolic OH excluding ortho intramolecular Hbond substituents is 1. The molecule has 0 saturated carbocycles. The largest absolute Gasteiger partial charge is 0.508 e. The maximum Gasteiger partial charge on any atom is 0.191 e. The molecule has 1 aromatic carbocycles. The first-order chi connectivity index (χ1) is 11.1. The second kappa shape index (κ2) is 10.7. The molecule has 0 aliphatic carbocycles. The van der Waals surface area contributed by atoms with Gasteiger partial charge >= 0.3 is 0 Å². The normalized spacial score (nSPS) is 11.6. The Morgan fingerprint density at radius 1 is 1.26 bits per heavy atom. The second-order valence-corrected chi connectivity index (χ2v) is 5.64. The summed E-state index contributed by atoms with van der Waals surface area (Å²) in [5, 5.41) is 16.2. The molecule has 3 N–H and O–H groups in total. The zero-order valence-corrected chi connectivity index (χ0v) is 14.6. The first-order valence-corrected chi connectivity index (χ1v) is 7.95. The number of methoxy groups -OCH3 is 1. The Labute approximate surface area is 138 Å². The smallest absolute Gasteiger partial charge is 0.191 e. The molecule has 0 aliphatic rings. The van der Waals surface area contributed by atoms with E-state index in [9.17, 15) is 5.11 Å². The molecule has 130 valence electrons. The highest BCUT2D eigenvalue weighted by Crippen LogP contribution is 2.22. The number of nitrogens with one attached hydrogen (secondary N) is 2. The molecule has 0 aliphatic heterocycles. The van der Waals surface area contributed by atoms with E-state index in [-0.39, 0.29) is 5.75 Å². The van der Waals surface area contributed by atoms with Crippen LogP contribution in [0.1, 0.15) is 25.8 Å². The Balaban J connectivity index is 2.31. The number of aromatic hydroxyl groups is 1. The summed E-state index contributed by atoms with van der Waals surface area (Å²) in [6.45, 7) is 6.92. The fraction of sp³-hybridized carbons (Fsp3) is 0.588. The lowest BCUT2D eigenvalue weighted by Gasteiger charge is -2.13. The van der Waals surface area contributed by atoms with Crippen LogP contribution in [-0.2, 0) is 11.3 Å². The van der Waals surface area contributed by atoms with Gasteiger partial charge in [0.2, 0.25) is 0 Å². The van der Waals surface area contributed by atoms with E-state index in [4.69, 9.17) is 9.47 Å². The molecule has 0 fully saturated rings. The topological polar surface area (TPSA) is 75.1 Å². The van der Waals surface area contributed by atoms with Crippen LogP contribution in [0.2, 0.25) is 0 Å². The predicted octanol–water partition coefficient (Wildman–Crippen LogP) is 2.13. The number of aliphatic imine (C=N–C) groups is 1. The Morgan fingerprint density at radius 2 is 2.04 bits per heavy atom. The van der Waals surface area contributed by atoms with Crippen molar-refractivity contribution in [3.8, 4) is 11.5 Å². The van der Waals surface area contributed by atoms with Gasteiger partial charge in [0.15, 0.2) is 5.96 Å². The van der Waals surface area contributed by atoms with Crippen molar-refractivity contribution in [3.63, 3.8) is 0 Å². The van der Waals surface area contributed by atoms with E-state index in [1.165, 1.54) is 0 Å². The van der Waals surface area contributed by atoms with Crippen molar-refractivity contribution in [2.45, 2.75) is 26.8 Å². The standard InChI is InChI=1S/C17H29N3O3/c1-13(2)7-9-23-10-8-19-17(18-3)20-12-14-11-15(22-4)5-6-16(14)21/h5-6,11,13,21H,7-10,12H2,1-4H3,(H2,18,19,20). The van der Waals surface area contributed by atoms with Gasteiger partial charge in [0.25, 0.3) is 0 Å². The fourth-order valence-electron chi connectivity index (χ4n) is 1.89. The molecule has 1 aromatic rings. The van der Waals surface area contributed by atoms with Crippen molar-refractivity contribution < 1.29 is 14.6 Å². The number of hydrogen-bond acceptors (Lipinski definition) is 4. The molecule has 0 heterocycles. The van der Waals surface area contributed by atoms with E-state index in [2.05, 4.69) is 29.5 Å². The van der Waals surface area contributed by atoms with Crippen LogP contribution >= 0.6 is 0 Å². The van der Waals surface area contributed by atoms with E-state index in [0.29, 0.717) is 37.3 Å². The average Bonchev–Trinajstić information content (AvgIpc) is 2.54. The highest BCUT2D eigenvalue weighted by Gasteiger charge is 2.05. The van der Waals surface area contributed by atoms with E-state index < -0.39 is 0 Å². The number of benzene rings is 1. The number of nitrogens with zero attached hydrogens (tertiary/aromatic N) is 1. The van der Waals surface area contributed by atoms with Crippen LogP contribution < -0.4 is 15.4 Å². The number of ether oxygens (including phenoxy) is 2. The Hall–Kier alpha value is -1.95. The van der Waals surface area contributed by atoms with Gasteiger partial charge in [0.1, 0.15) is 11.5 Å². The lowest BCUT2D eigenvalue weighted by molar-refractivity contribution is 0.128. The van der Waals surface area contributed by atoms with Gasteiger partial charge in [0, 0.05) is 32.3 Å². The third-order valence-electron chi connectivity index (χ3n) is 3.33. The molecule has 0 unspecified atom stereocenters. The molecular formula is C17H29N3O3. The van der Waals surface area contributed by atoms with Crippen molar-refractivity contribution in [1.29, 1.82) is 0 Å². The average molecular weight is 323 g/mol. The summed E-state index contributed by atoms with van der Waals surface area (Å²) in [6, 6.07) is 5.14. The van der Waals surface area contributed by atoms with Gasteiger partial charge in [-0.15, -0.1) is 0 Å². The van der Waals surface area contributed by atoms with E-state index >= 15 is 0 Å². The van der Waals surface area contributed by atoms with Crippen molar-refractivity contribution in [2.24, 2.45) is 10.9 Å². The van der Waals surface area contributed by atoms with Crippen LogP contribution in [0.4, 0.5) is 0 Å². The highest BCUT2D eigenvalue weighted by molar-refractivity contribution is 5.79. The van der Waals surface area contributed by atoms with Gasteiger partial charge in [-0.05, 0) is 30.5 Å². The van der Waals surface area contributed by atoms with Crippen LogP contribution in [0.5, 0.6) is 11.5 Å². The van der Waals surface area contributed by atoms with Crippen molar-refractivity contribution in [3.05, 3.63) is 23.8 Å². The molecule has 0 spiro atoms. The van der Waals surface area contributed by atoms with Crippen LogP contribution in [0.3, 0.4) is 0 Å². The van der Waals surface area contributed by atoms with Gasteiger partial charge in [-0.25, -0.2) is 0 Å². The third kappa shape index (κ3) is 7.74. The van der Waals surface area contributed by atoms with Crippen LogP contribution in [0.25, 0.3) is 0 Å². The zero-order chi connectivity index (χ0) is 17.1. The molecule has 23 heavy (non-hydrogen) atoms. The molecule has 0 atom stereocenters. The molecule has 0 saturated heterocycles. The minimum atomic E-state index is 0.228. The van der Waals surface area contributed by atoms with Gasteiger partial charge in [-0.2, -0.15) is 0 Å². The molecular weight excluding hydrogens is 294 g/mol. The maximum atomic E-state index is 9.86. The van der Waals surface area contributed by atoms with Crippen molar-refractivity contribution >= 4 is 5.96 Å². The van der Waals surface area contributed by atoms with E-state index in [0.717, 1.165) is 18.6 Å². The Morgan fingerprint density at radius 3 is 2.70 bits per heavy atom. The highest BCUT2D eigenvalue weighted by atomic mass is 16.5. The molecule has 0 amide bonds. The Kier molecular flexibility index (Phi) is 8.90. The summed E-state index contributed by atoms with van der Waals surface area (Å²) in [6.07, 6.45) is 1.07.